The summed E-state index contributed by atoms with van der Waals surface area (Å²) in [4.78, 5) is 30.7. The summed E-state index contributed by atoms with van der Waals surface area (Å²) in [5.74, 6) is -0.116. The molecule has 0 radical (unpaired) electrons. The van der Waals surface area contributed by atoms with Crippen molar-refractivity contribution >= 4 is 32.5 Å². The van der Waals surface area contributed by atoms with E-state index in [4.69, 9.17) is 0 Å². The van der Waals surface area contributed by atoms with E-state index in [-0.39, 0.29) is 15.8 Å². The van der Waals surface area contributed by atoms with E-state index in [1.165, 1.54) is 34.6 Å². The van der Waals surface area contributed by atoms with Crippen LogP contribution in [0.25, 0.3) is 10.9 Å². The highest BCUT2D eigenvalue weighted by Gasteiger charge is 2.24. The van der Waals surface area contributed by atoms with Crippen molar-refractivity contribution in [2.24, 2.45) is 0 Å². The Morgan fingerprint density at radius 1 is 0.944 bits per heavy atom. The van der Waals surface area contributed by atoms with E-state index < -0.39 is 21.4 Å². The minimum Gasteiger partial charge on any atom is -0.360 e. The first-order chi connectivity index (χ1) is 17.1. The third-order valence-electron chi connectivity index (χ3n) is 6.27. The molecule has 4 aromatic rings. The van der Waals surface area contributed by atoms with Gasteiger partial charge in [-0.25, -0.2) is 8.42 Å². The molecule has 0 bridgehead atoms. The highest BCUT2D eigenvalue weighted by Crippen LogP contribution is 2.26. The highest BCUT2D eigenvalue weighted by atomic mass is 32.2. The molecule has 0 aliphatic carbocycles. The lowest BCUT2D eigenvalue weighted by atomic mass is 10.0. The van der Waals surface area contributed by atoms with Gasteiger partial charge in [-0.3, -0.25) is 13.9 Å². The molecule has 4 rings (SSSR count). The lowest BCUT2D eigenvalue weighted by Gasteiger charge is -2.20. The van der Waals surface area contributed by atoms with Crippen LogP contribution in [0.3, 0.4) is 0 Å². The van der Waals surface area contributed by atoms with Crippen LogP contribution in [0, 0.1) is 0 Å². The number of rotatable bonds is 7. The van der Waals surface area contributed by atoms with Gasteiger partial charge >= 0.3 is 0 Å². The molecule has 8 heteroatoms. The van der Waals surface area contributed by atoms with Crippen molar-refractivity contribution in [3.05, 3.63) is 106 Å². The van der Waals surface area contributed by atoms with Gasteiger partial charge in [0.25, 0.3) is 15.9 Å². The van der Waals surface area contributed by atoms with Gasteiger partial charge in [0.2, 0.25) is 5.43 Å². The molecule has 0 aliphatic rings. The zero-order chi connectivity index (χ0) is 26.0. The Balaban J connectivity index is 1.67. The third kappa shape index (κ3) is 4.90. The molecule has 0 saturated heterocycles. The van der Waals surface area contributed by atoms with Crippen LogP contribution < -0.4 is 9.73 Å². The van der Waals surface area contributed by atoms with Gasteiger partial charge < -0.3 is 9.88 Å². The van der Waals surface area contributed by atoms with E-state index in [0.29, 0.717) is 23.7 Å². The number of pyridine rings is 1. The first kappa shape index (κ1) is 25.2. The van der Waals surface area contributed by atoms with Crippen LogP contribution in [-0.4, -0.2) is 38.3 Å². The molecule has 0 aliphatic heterocycles. The molecule has 1 aromatic heterocycles. The fourth-order valence-corrected chi connectivity index (χ4v) is 5.24. The minimum absolute atomic E-state index is 0.0295. The molecule has 1 amide bonds. The Bertz CT molecular complexity index is 1560. The summed E-state index contributed by atoms with van der Waals surface area (Å²) in [5, 5.41) is 0.138. The van der Waals surface area contributed by atoms with Crippen molar-refractivity contribution in [3.8, 4) is 0 Å². The predicted octanol–water partition coefficient (Wildman–Crippen LogP) is 4.75. The third-order valence-corrected chi connectivity index (χ3v) is 8.06. The van der Waals surface area contributed by atoms with Gasteiger partial charge in [0.15, 0.2) is 0 Å². The average molecular weight is 504 g/mol. The molecule has 1 N–H and O–H groups in total. The topological polar surface area (TPSA) is 90.6 Å². The van der Waals surface area contributed by atoms with E-state index in [9.17, 15) is 18.0 Å². The van der Waals surface area contributed by atoms with Gasteiger partial charge in [0.05, 0.1) is 10.6 Å². The highest BCUT2D eigenvalue weighted by molar-refractivity contribution is 7.92. The van der Waals surface area contributed by atoms with E-state index in [1.54, 1.807) is 25.2 Å². The Kier molecular flexibility index (Phi) is 6.99. The van der Waals surface area contributed by atoms with Crippen LogP contribution in [-0.2, 0) is 16.6 Å². The SMILES string of the molecule is CC(C)c1ccc(N(C)S(=O)(=O)c2ccc3[nH]cc(C(=O)N(C)Cc4ccccc4)c(=O)c3c2)cc1. The lowest BCUT2D eigenvalue weighted by molar-refractivity contribution is 0.0783. The summed E-state index contributed by atoms with van der Waals surface area (Å²) < 4.78 is 27.9. The monoisotopic (exact) mass is 503 g/mol. The summed E-state index contributed by atoms with van der Waals surface area (Å²) in [6.45, 7) is 4.48. The summed E-state index contributed by atoms with van der Waals surface area (Å²) in [7, 11) is -0.835. The van der Waals surface area contributed by atoms with Crippen molar-refractivity contribution < 1.29 is 13.2 Å². The maximum absolute atomic E-state index is 13.4. The molecule has 0 atom stereocenters. The van der Waals surface area contributed by atoms with Crippen molar-refractivity contribution in [2.75, 3.05) is 18.4 Å². The molecule has 7 nitrogen and oxygen atoms in total. The van der Waals surface area contributed by atoms with E-state index >= 15 is 0 Å². The Morgan fingerprint density at radius 3 is 2.25 bits per heavy atom. The molecular formula is C28H29N3O4S. The quantitative estimate of drug-likeness (QED) is 0.394. The number of fused-ring (bicyclic) bond motifs is 1. The van der Waals surface area contributed by atoms with Gasteiger partial charge in [-0.2, -0.15) is 0 Å². The van der Waals surface area contributed by atoms with Gasteiger partial charge in [-0.1, -0.05) is 56.3 Å². The van der Waals surface area contributed by atoms with E-state index in [2.05, 4.69) is 18.8 Å². The largest absolute Gasteiger partial charge is 0.360 e. The Morgan fingerprint density at radius 2 is 1.61 bits per heavy atom. The number of anilines is 1. The number of hydrogen-bond donors (Lipinski definition) is 1. The average Bonchev–Trinajstić information content (AvgIpc) is 2.88. The molecule has 186 valence electrons. The fourth-order valence-electron chi connectivity index (χ4n) is 4.02. The van der Waals surface area contributed by atoms with E-state index in [1.807, 2.05) is 42.5 Å². The summed E-state index contributed by atoms with van der Waals surface area (Å²) >= 11 is 0. The molecule has 0 spiro atoms. The summed E-state index contributed by atoms with van der Waals surface area (Å²) in [5.41, 5.74) is 2.44. The van der Waals surface area contributed by atoms with Crippen LogP contribution in [0.15, 0.2) is 88.7 Å². The molecule has 0 saturated carbocycles. The Hall–Kier alpha value is -3.91. The molecule has 3 aromatic carbocycles. The smallest absolute Gasteiger partial charge is 0.264 e. The number of sulfonamides is 1. The molecule has 1 heterocycles. The maximum Gasteiger partial charge on any atom is 0.264 e. The summed E-state index contributed by atoms with van der Waals surface area (Å²) in [6.07, 6.45) is 1.38. The zero-order valence-corrected chi connectivity index (χ0v) is 21.5. The predicted molar refractivity (Wildman–Crippen MR) is 143 cm³/mol. The zero-order valence-electron chi connectivity index (χ0n) is 20.7. The van der Waals surface area contributed by atoms with Crippen LogP contribution in [0.5, 0.6) is 0 Å². The molecule has 0 fully saturated rings. The number of carbonyl (C=O) groups excluding carboxylic acids is 1. The Labute approximate surface area is 211 Å². The maximum atomic E-state index is 13.4. The van der Waals surface area contributed by atoms with Crippen LogP contribution >= 0.6 is 0 Å². The number of hydrogen-bond acceptors (Lipinski definition) is 4. The van der Waals surface area contributed by atoms with Crippen molar-refractivity contribution in [3.63, 3.8) is 0 Å². The summed E-state index contributed by atoms with van der Waals surface area (Å²) in [6, 6.07) is 21.1. The van der Waals surface area contributed by atoms with Crippen LogP contribution in [0.2, 0.25) is 0 Å². The van der Waals surface area contributed by atoms with Gasteiger partial charge in [0.1, 0.15) is 5.56 Å². The number of nitrogens with zero attached hydrogens (tertiary/aromatic N) is 2. The van der Waals surface area contributed by atoms with E-state index in [0.717, 1.165) is 11.1 Å². The lowest BCUT2D eigenvalue weighted by Crippen LogP contribution is -2.31. The number of aromatic amines is 1. The fraction of sp³-hybridized carbons (Fsp3) is 0.214. The van der Waals surface area contributed by atoms with Crippen molar-refractivity contribution in [1.82, 2.24) is 9.88 Å². The number of amides is 1. The second-order valence-electron chi connectivity index (χ2n) is 9.10. The molecule has 36 heavy (non-hydrogen) atoms. The first-order valence-corrected chi connectivity index (χ1v) is 13.1. The van der Waals surface area contributed by atoms with Gasteiger partial charge in [-0.05, 0) is 47.4 Å². The molecule has 0 unspecified atom stereocenters. The normalized spacial score (nSPS) is 11.6. The second kappa shape index (κ2) is 9.99. The second-order valence-corrected chi connectivity index (χ2v) is 11.1. The number of nitrogens with one attached hydrogen (secondary N) is 1. The van der Waals surface area contributed by atoms with Crippen molar-refractivity contribution in [2.45, 2.75) is 31.2 Å². The number of H-pyrrole nitrogens is 1. The number of aromatic nitrogens is 1. The molecular weight excluding hydrogens is 474 g/mol. The van der Waals surface area contributed by atoms with Crippen molar-refractivity contribution in [1.29, 1.82) is 0 Å². The van der Waals surface area contributed by atoms with Gasteiger partial charge in [0, 0.05) is 37.7 Å². The standard InChI is InChI=1S/C28H29N3O4S/c1-19(2)21-10-12-22(13-11-21)31(4)36(34,35)23-14-15-26-24(16-23)27(32)25(17-29-26)28(33)30(3)18-20-8-6-5-7-9-20/h5-17,19H,18H2,1-4H3,(H,29,32). The number of benzene rings is 3. The van der Waals surface area contributed by atoms with Crippen LogP contribution in [0.4, 0.5) is 5.69 Å². The first-order valence-electron chi connectivity index (χ1n) is 11.6. The van der Waals surface area contributed by atoms with Gasteiger partial charge in [-0.15, -0.1) is 0 Å². The van der Waals surface area contributed by atoms with Crippen LogP contribution in [0.1, 0.15) is 41.3 Å². The number of carbonyl (C=O) groups is 1. The minimum atomic E-state index is -3.94.